The zero-order valence-electron chi connectivity index (χ0n) is 12.3. The SMILES string of the molecule is O=C(Nc1ccccc1Cl)c1ccc(-c2ccc(Cl)cc2)[nH]c1=O. The minimum atomic E-state index is -0.521. The Labute approximate surface area is 148 Å². The number of benzene rings is 2. The number of hydrogen-bond acceptors (Lipinski definition) is 2. The summed E-state index contributed by atoms with van der Waals surface area (Å²) < 4.78 is 0. The number of rotatable bonds is 3. The van der Waals surface area contributed by atoms with Crippen LogP contribution in [0.25, 0.3) is 11.3 Å². The molecule has 0 bridgehead atoms. The number of carbonyl (C=O) groups is 1. The second-order valence-corrected chi connectivity index (χ2v) is 5.90. The molecule has 3 aromatic rings. The summed E-state index contributed by atoms with van der Waals surface area (Å²) >= 11 is 11.9. The predicted molar refractivity (Wildman–Crippen MR) is 96.9 cm³/mol. The lowest BCUT2D eigenvalue weighted by Crippen LogP contribution is -2.23. The standard InChI is InChI=1S/C18H12Cl2N2O2/c19-12-7-5-11(6-8-12)15-10-9-13(17(23)21-15)18(24)22-16-4-2-1-3-14(16)20/h1-10H,(H,21,23)(H,22,24). The Morgan fingerprint density at radius 1 is 0.917 bits per heavy atom. The molecule has 0 spiro atoms. The summed E-state index contributed by atoms with van der Waals surface area (Å²) in [6, 6.07) is 17.0. The van der Waals surface area contributed by atoms with Crippen molar-refractivity contribution in [1.82, 2.24) is 4.98 Å². The van der Waals surface area contributed by atoms with Gasteiger partial charge in [0, 0.05) is 10.7 Å². The van der Waals surface area contributed by atoms with E-state index >= 15 is 0 Å². The molecule has 2 N–H and O–H groups in total. The average molecular weight is 359 g/mol. The number of aromatic nitrogens is 1. The van der Waals surface area contributed by atoms with Crippen LogP contribution >= 0.6 is 23.2 Å². The Balaban J connectivity index is 1.87. The Hall–Kier alpha value is -2.56. The maximum Gasteiger partial charge on any atom is 0.261 e. The normalized spacial score (nSPS) is 10.4. The van der Waals surface area contributed by atoms with Gasteiger partial charge in [0.05, 0.1) is 10.7 Å². The zero-order chi connectivity index (χ0) is 17.1. The number of hydrogen-bond donors (Lipinski definition) is 2. The van der Waals surface area contributed by atoms with Gasteiger partial charge in [-0.05, 0) is 42.0 Å². The molecule has 3 rings (SSSR count). The van der Waals surface area contributed by atoms with Crippen LogP contribution in [0.15, 0.2) is 65.5 Å². The first-order chi connectivity index (χ1) is 11.5. The lowest BCUT2D eigenvalue weighted by Gasteiger charge is -2.07. The van der Waals surface area contributed by atoms with Crippen molar-refractivity contribution in [1.29, 1.82) is 0 Å². The van der Waals surface area contributed by atoms with Gasteiger partial charge in [-0.15, -0.1) is 0 Å². The highest BCUT2D eigenvalue weighted by Gasteiger charge is 2.13. The van der Waals surface area contributed by atoms with E-state index in [9.17, 15) is 9.59 Å². The van der Waals surface area contributed by atoms with E-state index in [1.54, 1.807) is 54.6 Å². The van der Waals surface area contributed by atoms with Crippen molar-refractivity contribution >= 4 is 34.8 Å². The molecule has 1 amide bonds. The Morgan fingerprint density at radius 3 is 2.29 bits per heavy atom. The van der Waals surface area contributed by atoms with Crippen molar-refractivity contribution in [2.75, 3.05) is 5.32 Å². The molecular formula is C18H12Cl2N2O2. The summed E-state index contributed by atoms with van der Waals surface area (Å²) in [5.41, 5.74) is 1.38. The third-order valence-corrected chi connectivity index (χ3v) is 4.01. The first-order valence-corrected chi connectivity index (χ1v) is 7.85. The van der Waals surface area contributed by atoms with Gasteiger partial charge in [-0.25, -0.2) is 0 Å². The quantitative estimate of drug-likeness (QED) is 0.718. The summed E-state index contributed by atoms with van der Waals surface area (Å²) in [5.74, 6) is -0.521. The van der Waals surface area contributed by atoms with Crippen molar-refractivity contribution in [2.24, 2.45) is 0 Å². The van der Waals surface area contributed by atoms with Gasteiger partial charge in [0.1, 0.15) is 5.56 Å². The van der Waals surface area contributed by atoms with Crippen LogP contribution in [0.3, 0.4) is 0 Å². The molecule has 1 aromatic heterocycles. The number of H-pyrrole nitrogens is 1. The van der Waals surface area contributed by atoms with Gasteiger partial charge < -0.3 is 10.3 Å². The summed E-state index contributed by atoms with van der Waals surface area (Å²) in [4.78, 5) is 27.2. The molecule has 0 atom stereocenters. The van der Waals surface area contributed by atoms with Crippen molar-refractivity contribution in [3.8, 4) is 11.3 Å². The molecule has 1 heterocycles. The van der Waals surface area contributed by atoms with Crippen molar-refractivity contribution in [2.45, 2.75) is 0 Å². The van der Waals surface area contributed by atoms with E-state index in [0.717, 1.165) is 5.56 Å². The molecule has 0 aliphatic heterocycles. The van der Waals surface area contributed by atoms with E-state index in [4.69, 9.17) is 23.2 Å². The summed E-state index contributed by atoms with van der Waals surface area (Å²) in [6.45, 7) is 0. The molecule has 2 aromatic carbocycles. The van der Waals surface area contributed by atoms with E-state index in [-0.39, 0.29) is 5.56 Å². The largest absolute Gasteiger partial charge is 0.321 e. The summed E-state index contributed by atoms with van der Waals surface area (Å²) in [5, 5.41) is 3.64. The fourth-order valence-corrected chi connectivity index (χ4v) is 2.51. The smallest absolute Gasteiger partial charge is 0.261 e. The number of nitrogens with one attached hydrogen (secondary N) is 2. The molecule has 0 aliphatic rings. The number of halogens is 2. The third kappa shape index (κ3) is 3.50. The molecule has 0 saturated heterocycles. The first-order valence-electron chi connectivity index (χ1n) is 7.10. The van der Waals surface area contributed by atoms with Crippen LogP contribution in [0, 0.1) is 0 Å². The number of anilines is 1. The van der Waals surface area contributed by atoms with Crippen LogP contribution in [0.2, 0.25) is 10.0 Å². The number of aromatic amines is 1. The fourth-order valence-electron chi connectivity index (χ4n) is 2.20. The van der Waals surface area contributed by atoms with Crippen LogP contribution in [0.1, 0.15) is 10.4 Å². The van der Waals surface area contributed by atoms with Crippen LogP contribution in [-0.4, -0.2) is 10.9 Å². The van der Waals surface area contributed by atoms with Gasteiger partial charge in [0.2, 0.25) is 0 Å². The first kappa shape index (κ1) is 16.3. The molecule has 0 unspecified atom stereocenters. The molecule has 4 nitrogen and oxygen atoms in total. The fraction of sp³-hybridized carbons (Fsp3) is 0. The monoisotopic (exact) mass is 358 g/mol. The zero-order valence-corrected chi connectivity index (χ0v) is 13.9. The molecule has 0 fully saturated rings. The minimum absolute atomic E-state index is 0.00707. The molecular weight excluding hydrogens is 347 g/mol. The summed E-state index contributed by atoms with van der Waals surface area (Å²) in [6.07, 6.45) is 0. The van der Waals surface area contributed by atoms with Crippen LogP contribution in [-0.2, 0) is 0 Å². The Kier molecular flexibility index (Phi) is 4.69. The van der Waals surface area contributed by atoms with Gasteiger partial charge in [-0.1, -0.05) is 47.5 Å². The maximum atomic E-state index is 12.3. The predicted octanol–water partition coefficient (Wildman–Crippen LogP) is 4.60. The number of carbonyl (C=O) groups excluding carboxylic acids is 1. The minimum Gasteiger partial charge on any atom is -0.321 e. The molecule has 0 aliphatic carbocycles. The molecule has 0 saturated carbocycles. The van der Waals surface area contributed by atoms with Crippen molar-refractivity contribution in [3.63, 3.8) is 0 Å². The topological polar surface area (TPSA) is 62.0 Å². The third-order valence-electron chi connectivity index (χ3n) is 3.43. The van der Waals surface area contributed by atoms with Gasteiger partial charge in [-0.2, -0.15) is 0 Å². The molecule has 0 radical (unpaired) electrons. The second-order valence-electron chi connectivity index (χ2n) is 5.06. The van der Waals surface area contributed by atoms with Gasteiger partial charge >= 0.3 is 0 Å². The van der Waals surface area contributed by atoms with E-state index < -0.39 is 11.5 Å². The maximum absolute atomic E-state index is 12.3. The highest BCUT2D eigenvalue weighted by molar-refractivity contribution is 6.33. The molecule has 120 valence electrons. The van der Waals surface area contributed by atoms with Crippen molar-refractivity contribution < 1.29 is 4.79 Å². The summed E-state index contributed by atoms with van der Waals surface area (Å²) in [7, 11) is 0. The average Bonchev–Trinajstić information content (AvgIpc) is 2.57. The number of amides is 1. The van der Waals surface area contributed by atoms with Crippen LogP contribution < -0.4 is 10.9 Å². The van der Waals surface area contributed by atoms with E-state index in [0.29, 0.717) is 21.4 Å². The molecule has 6 heteroatoms. The molecule has 24 heavy (non-hydrogen) atoms. The van der Waals surface area contributed by atoms with E-state index in [1.807, 2.05) is 0 Å². The lowest BCUT2D eigenvalue weighted by molar-refractivity contribution is 0.102. The Bertz CT molecular complexity index is 950. The van der Waals surface area contributed by atoms with Crippen LogP contribution in [0.5, 0.6) is 0 Å². The number of pyridine rings is 1. The number of para-hydroxylation sites is 1. The van der Waals surface area contributed by atoms with Gasteiger partial charge in [0.15, 0.2) is 0 Å². The van der Waals surface area contributed by atoms with Gasteiger partial charge in [-0.3, -0.25) is 9.59 Å². The van der Waals surface area contributed by atoms with Gasteiger partial charge in [0.25, 0.3) is 11.5 Å². The Morgan fingerprint density at radius 2 is 1.62 bits per heavy atom. The highest BCUT2D eigenvalue weighted by Crippen LogP contribution is 2.21. The van der Waals surface area contributed by atoms with Crippen LogP contribution in [0.4, 0.5) is 5.69 Å². The van der Waals surface area contributed by atoms with E-state index in [1.165, 1.54) is 6.07 Å². The van der Waals surface area contributed by atoms with Crippen molar-refractivity contribution in [3.05, 3.63) is 86.6 Å². The highest BCUT2D eigenvalue weighted by atomic mass is 35.5. The van der Waals surface area contributed by atoms with E-state index in [2.05, 4.69) is 10.3 Å². The lowest BCUT2D eigenvalue weighted by atomic mass is 10.1. The second kappa shape index (κ2) is 6.91.